The van der Waals surface area contributed by atoms with E-state index in [0.29, 0.717) is 12.1 Å². The van der Waals surface area contributed by atoms with Crippen LogP contribution in [-0.4, -0.2) is 51.1 Å². The summed E-state index contributed by atoms with van der Waals surface area (Å²) in [6.07, 6.45) is 1.49. The molecule has 2 atom stereocenters. The van der Waals surface area contributed by atoms with Crippen molar-refractivity contribution < 1.29 is 14.3 Å². The van der Waals surface area contributed by atoms with Gasteiger partial charge in [-0.1, -0.05) is 24.3 Å². The molecule has 2 aromatic rings. The van der Waals surface area contributed by atoms with Crippen molar-refractivity contribution in [3.63, 3.8) is 0 Å². The highest BCUT2D eigenvalue weighted by molar-refractivity contribution is 5.93. The molecular formula is C23H30N4O3. The minimum Gasteiger partial charge on any atom is -0.497 e. The van der Waals surface area contributed by atoms with Gasteiger partial charge in [0.15, 0.2) is 0 Å². The minimum absolute atomic E-state index is 0.0331. The molecule has 0 spiro atoms. The van der Waals surface area contributed by atoms with Crippen LogP contribution in [0.2, 0.25) is 0 Å². The summed E-state index contributed by atoms with van der Waals surface area (Å²) in [7, 11) is 3.27. The summed E-state index contributed by atoms with van der Waals surface area (Å²) in [6, 6.07) is 15.5. The maximum Gasteiger partial charge on any atom is 0.251 e. The second-order valence-corrected chi connectivity index (χ2v) is 7.44. The molecule has 1 saturated heterocycles. The number of hydrogen-bond donors (Lipinski definition) is 4. The van der Waals surface area contributed by atoms with Gasteiger partial charge in [0.2, 0.25) is 5.91 Å². The van der Waals surface area contributed by atoms with Gasteiger partial charge in [-0.2, -0.15) is 0 Å². The van der Waals surface area contributed by atoms with Crippen LogP contribution in [0.4, 0.5) is 0 Å². The fourth-order valence-corrected chi connectivity index (χ4v) is 3.52. The molecule has 30 heavy (non-hydrogen) atoms. The lowest BCUT2D eigenvalue weighted by Crippen LogP contribution is -2.41. The molecule has 0 aliphatic carbocycles. The summed E-state index contributed by atoms with van der Waals surface area (Å²) in [5, 5.41) is 12.4. The van der Waals surface area contributed by atoms with E-state index in [9.17, 15) is 9.59 Å². The smallest absolute Gasteiger partial charge is 0.251 e. The molecule has 7 heteroatoms. The van der Waals surface area contributed by atoms with E-state index in [4.69, 9.17) is 4.74 Å². The van der Waals surface area contributed by atoms with Crippen LogP contribution in [0, 0.1) is 0 Å². The Hall–Kier alpha value is -2.90. The topological polar surface area (TPSA) is 91.5 Å². The molecule has 7 nitrogen and oxygen atoms in total. The maximum absolute atomic E-state index is 12.4. The van der Waals surface area contributed by atoms with E-state index < -0.39 is 0 Å². The fraction of sp³-hybridized carbons (Fsp3) is 0.391. The molecule has 2 aromatic carbocycles. The molecule has 2 amide bonds. The Morgan fingerprint density at radius 3 is 2.43 bits per heavy atom. The zero-order chi connectivity index (χ0) is 21.3. The number of rotatable bonds is 9. The monoisotopic (exact) mass is 410 g/mol. The van der Waals surface area contributed by atoms with Gasteiger partial charge < -0.3 is 26.0 Å². The zero-order valence-corrected chi connectivity index (χ0v) is 17.5. The van der Waals surface area contributed by atoms with Crippen LogP contribution in [0.3, 0.4) is 0 Å². The quantitative estimate of drug-likeness (QED) is 0.499. The Kier molecular flexibility index (Phi) is 7.82. The fourth-order valence-electron chi connectivity index (χ4n) is 3.52. The van der Waals surface area contributed by atoms with Crippen molar-refractivity contribution in [3.05, 3.63) is 65.2 Å². The molecule has 3 rings (SSSR count). The lowest BCUT2D eigenvalue weighted by molar-refractivity contribution is -0.122. The van der Waals surface area contributed by atoms with Gasteiger partial charge in [-0.25, -0.2) is 0 Å². The number of ether oxygens (including phenoxy) is 1. The highest BCUT2D eigenvalue weighted by Crippen LogP contribution is 2.13. The molecule has 1 fully saturated rings. The molecule has 0 saturated carbocycles. The second kappa shape index (κ2) is 10.8. The Labute approximate surface area is 177 Å². The Bertz CT molecular complexity index is 837. The van der Waals surface area contributed by atoms with Gasteiger partial charge in [0, 0.05) is 38.3 Å². The van der Waals surface area contributed by atoms with Gasteiger partial charge in [-0.05, 0) is 48.2 Å². The maximum atomic E-state index is 12.4. The highest BCUT2D eigenvalue weighted by Gasteiger charge is 2.28. The van der Waals surface area contributed by atoms with Crippen molar-refractivity contribution in [2.75, 3.05) is 27.2 Å². The first kappa shape index (κ1) is 21.8. The summed E-state index contributed by atoms with van der Waals surface area (Å²) in [4.78, 5) is 24.0. The molecule has 1 aliphatic heterocycles. The molecule has 2 unspecified atom stereocenters. The first-order chi connectivity index (χ1) is 14.6. The van der Waals surface area contributed by atoms with E-state index in [2.05, 4.69) is 21.3 Å². The van der Waals surface area contributed by atoms with E-state index in [0.717, 1.165) is 37.2 Å². The molecule has 1 aliphatic rings. The van der Waals surface area contributed by atoms with Gasteiger partial charge in [0.1, 0.15) is 5.75 Å². The van der Waals surface area contributed by atoms with Crippen molar-refractivity contribution >= 4 is 11.8 Å². The molecule has 160 valence electrons. The minimum atomic E-state index is -0.172. The van der Waals surface area contributed by atoms with Crippen molar-refractivity contribution in [3.8, 4) is 5.75 Å². The lowest BCUT2D eigenvalue weighted by atomic mass is 10.1. The average Bonchev–Trinajstić information content (AvgIpc) is 3.27. The van der Waals surface area contributed by atoms with E-state index in [1.54, 1.807) is 26.3 Å². The third kappa shape index (κ3) is 6.05. The highest BCUT2D eigenvalue weighted by atomic mass is 16.5. The average molecular weight is 411 g/mol. The van der Waals surface area contributed by atoms with Crippen LogP contribution >= 0.6 is 0 Å². The van der Waals surface area contributed by atoms with Gasteiger partial charge in [0.25, 0.3) is 5.91 Å². The molecule has 4 N–H and O–H groups in total. The summed E-state index contributed by atoms with van der Waals surface area (Å²) >= 11 is 0. The third-order valence-electron chi connectivity index (χ3n) is 5.36. The number of nitrogens with one attached hydrogen (secondary N) is 4. The van der Waals surface area contributed by atoms with E-state index in [1.165, 1.54) is 5.56 Å². The first-order valence-electron chi connectivity index (χ1n) is 10.3. The summed E-state index contributed by atoms with van der Waals surface area (Å²) < 4.78 is 5.18. The van der Waals surface area contributed by atoms with Crippen molar-refractivity contribution in [2.45, 2.75) is 31.5 Å². The molecule has 0 radical (unpaired) electrons. The SMILES string of the molecule is CNC(=O)c1ccc(CCNC(=O)C2CC(NCc3ccc(OC)cc3)CN2)cc1. The number of hydrogen-bond acceptors (Lipinski definition) is 5. The number of carbonyl (C=O) groups is 2. The lowest BCUT2D eigenvalue weighted by Gasteiger charge is -2.13. The van der Waals surface area contributed by atoms with Crippen LogP contribution in [0.5, 0.6) is 5.75 Å². The van der Waals surface area contributed by atoms with E-state index >= 15 is 0 Å². The Balaban J connectivity index is 1.36. The van der Waals surface area contributed by atoms with Crippen molar-refractivity contribution in [1.29, 1.82) is 0 Å². The van der Waals surface area contributed by atoms with Crippen LogP contribution in [0.1, 0.15) is 27.9 Å². The van der Waals surface area contributed by atoms with E-state index in [-0.39, 0.29) is 23.9 Å². The molecular weight excluding hydrogens is 380 g/mol. The first-order valence-corrected chi connectivity index (χ1v) is 10.3. The number of methoxy groups -OCH3 is 1. The zero-order valence-electron chi connectivity index (χ0n) is 17.5. The second-order valence-electron chi connectivity index (χ2n) is 7.44. The number of amides is 2. The van der Waals surface area contributed by atoms with Crippen molar-refractivity contribution in [2.24, 2.45) is 0 Å². The Morgan fingerprint density at radius 2 is 1.77 bits per heavy atom. The summed E-state index contributed by atoms with van der Waals surface area (Å²) in [6.45, 7) is 2.10. The van der Waals surface area contributed by atoms with Crippen LogP contribution in [0.25, 0.3) is 0 Å². The van der Waals surface area contributed by atoms with Gasteiger partial charge in [-0.15, -0.1) is 0 Å². The van der Waals surface area contributed by atoms with Crippen LogP contribution in [-0.2, 0) is 17.8 Å². The summed E-state index contributed by atoms with van der Waals surface area (Å²) in [5.41, 5.74) is 2.90. The normalized spacial score (nSPS) is 18.1. The van der Waals surface area contributed by atoms with Crippen LogP contribution < -0.4 is 26.0 Å². The molecule has 0 aromatic heterocycles. The molecule has 1 heterocycles. The van der Waals surface area contributed by atoms with E-state index in [1.807, 2.05) is 36.4 Å². The predicted molar refractivity (Wildman–Crippen MR) is 117 cm³/mol. The van der Waals surface area contributed by atoms with Gasteiger partial charge in [-0.3, -0.25) is 9.59 Å². The van der Waals surface area contributed by atoms with Gasteiger partial charge in [0.05, 0.1) is 13.2 Å². The molecule has 0 bridgehead atoms. The Morgan fingerprint density at radius 1 is 1.07 bits per heavy atom. The third-order valence-corrected chi connectivity index (χ3v) is 5.36. The number of carbonyl (C=O) groups excluding carboxylic acids is 2. The van der Waals surface area contributed by atoms with Crippen LogP contribution in [0.15, 0.2) is 48.5 Å². The van der Waals surface area contributed by atoms with Gasteiger partial charge >= 0.3 is 0 Å². The number of benzene rings is 2. The summed E-state index contributed by atoms with van der Waals surface area (Å²) in [5.74, 6) is 0.781. The standard InChI is InChI=1S/C23H30N4O3/c1-24-22(28)18-7-3-16(4-8-18)11-12-25-23(29)21-13-19(15-27-21)26-14-17-5-9-20(30-2)10-6-17/h3-10,19,21,26-27H,11-15H2,1-2H3,(H,24,28)(H,25,29). The largest absolute Gasteiger partial charge is 0.497 e. The predicted octanol–water partition coefficient (Wildman–Crippen LogP) is 1.23. The van der Waals surface area contributed by atoms with Crippen molar-refractivity contribution in [1.82, 2.24) is 21.3 Å².